The quantitative estimate of drug-likeness (QED) is 0.737. The molecule has 0 aromatic carbocycles. The van der Waals surface area contributed by atoms with Crippen molar-refractivity contribution in [1.82, 2.24) is 15.1 Å². The Kier molecular flexibility index (Phi) is 6.32. The lowest BCUT2D eigenvalue weighted by molar-refractivity contribution is 0.158. The Hall–Kier alpha value is -0.120. The van der Waals surface area contributed by atoms with Crippen LogP contribution in [0.3, 0.4) is 0 Å². The molecule has 1 N–H and O–H groups in total. The van der Waals surface area contributed by atoms with Crippen LogP contribution in [0.1, 0.15) is 26.7 Å². The van der Waals surface area contributed by atoms with Crippen LogP contribution < -0.4 is 5.32 Å². The molecule has 0 aromatic rings. The third-order valence-corrected chi connectivity index (χ3v) is 3.28. The van der Waals surface area contributed by atoms with Crippen molar-refractivity contribution >= 4 is 0 Å². The summed E-state index contributed by atoms with van der Waals surface area (Å²) >= 11 is 0. The van der Waals surface area contributed by atoms with Crippen LogP contribution in [-0.4, -0.2) is 62.7 Å². The Labute approximate surface area is 101 Å². The SMILES string of the molecule is CC(C)NCC1CCCN(CCN(C)C)C1. The Bertz CT molecular complexity index is 162. The zero-order chi connectivity index (χ0) is 12.0. The van der Waals surface area contributed by atoms with Gasteiger partial charge in [0.15, 0.2) is 0 Å². The van der Waals surface area contributed by atoms with Gasteiger partial charge in [-0.3, -0.25) is 0 Å². The van der Waals surface area contributed by atoms with Gasteiger partial charge in [-0.15, -0.1) is 0 Å². The lowest BCUT2D eigenvalue weighted by Crippen LogP contribution is -2.43. The maximum absolute atomic E-state index is 3.56. The smallest absolute Gasteiger partial charge is 0.0109 e. The van der Waals surface area contributed by atoms with Crippen LogP contribution in [-0.2, 0) is 0 Å². The molecule has 0 spiro atoms. The molecule has 1 rings (SSSR count). The van der Waals surface area contributed by atoms with Crippen molar-refractivity contribution in [2.75, 3.05) is 46.8 Å². The van der Waals surface area contributed by atoms with E-state index in [0.717, 1.165) is 5.92 Å². The molecule has 0 radical (unpaired) electrons. The van der Waals surface area contributed by atoms with E-state index in [9.17, 15) is 0 Å². The molecule has 1 atom stereocenters. The topological polar surface area (TPSA) is 18.5 Å². The number of nitrogens with zero attached hydrogens (tertiary/aromatic N) is 2. The van der Waals surface area contributed by atoms with Gasteiger partial charge in [0.2, 0.25) is 0 Å². The number of hydrogen-bond acceptors (Lipinski definition) is 3. The maximum atomic E-state index is 3.56. The second kappa shape index (κ2) is 7.25. The summed E-state index contributed by atoms with van der Waals surface area (Å²) in [5.41, 5.74) is 0. The zero-order valence-electron chi connectivity index (χ0n) is 11.5. The molecule has 1 heterocycles. The molecular weight excluding hydrogens is 198 g/mol. The van der Waals surface area contributed by atoms with E-state index in [0.29, 0.717) is 6.04 Å². The van der Waals surface area contributed by atoms with Gasteiger partial charge in [0, 0.05) is 25.7 Å². The minimum absolute atomic E-state index is 0.622. The predicted octanol–water partition coefficient (Wildman–Crippen LogP) is 1.26. The lowest BCUT2D eigenvalue weighted by Gasteiger charge is -2.33. The molecule has 3 nitrogen and oxygen atoms in total. The predicted molar refractivity (Wildman–Crippen MR) is 70.9 cm³/mol. The molecule has 1 unspecified atom stereocenters. The van der Waals surface area contributed by atoms with E-state index in [2.05, 4.69) is 43.1 Å². The highest BCUT2D eigenvalue weighted by Crippen LogP contribution is 2.15. The number of likely N-dealkylation sites (tertiary alicyclic amines) is 1. The fourth-order valence-corrected chi connectivity index (χ4v) is 2.26. The van der Waals surface area contributed by atoms with E-state index in [-0.39, 0.29) is 0 Å². The maximum Gasteiger partial charge on any atom is 0.0109 e. The van der Waals surface area contributed by atoms with Crippen LogP contribution in [0, 0.1) is 5.92 Å². The highest BCUT2D eigenvalue weighted by Gasteiger charge is 2.19. The van der Waals surface area contributed by atoms with Crippen molar-refractivity contribution in [1.29, 1.82) is 0 Å². The van der Waals surface area contributed by atoms with Gasteiger partial charge in [-0.05, 0) is 45.9 Å². The number of piperidine rings is 1. The van der Waals surface area contributed by atoms with E-state index in [1.54, 1.807) is 0 Å². The van der Waals surface area contributed by atoms with Gasteiger partial charge in [0.1, 0.15) is 0 Å². The molecule has 0 bridgehead atoms. The molecule has 1 saturated heterocycles. The molecule has 1 aliphatic rings. The standard InChI is InChI=1S/C13H29N3/c1-12(2)14-10-13-6-5-7-16(11-13)9-8-15(3)4/h12-14H,5-11H2,1-4H3. The van der Waals surface area contributed by atoms with Crippen molar-refractivity contribution in [2.24, 2.45) is 5.92 Å². The number of likely N-dealkylation sites (N-methyl/N-ethyl adjacent to an activating group) is 1. The molecule has 16 heavy (non-hydrogen) atoms. The van der Waals surface area contributed by atoms with Gasteiger partial charge in [0.25, 0.3) is 0 Å². The van der Waals surface area contributed by atoms with Crippen molar-refractivity contribution < 1.29 is 0 Å². The molecule has 1 fully saturated rings. The Morgan fingerprint density at radius 2 is 2.12 bits per heavy atom. The zero-order valence-corrected chi connectivity index (χ0v) is 11.5. The second-order valence-electron chi connectivity index (χ2n) is 5.68. The minimum atomic E-state index is 0.622. The van der Waals surface area contributed by atoms with Crippen molar-refractivity contribution in [3.05, 3.63) is 0 Å². The van der Waals surface area contributed by atoms with Crippen LogP contribution in [0.4, 0.5) is 0 Å². The fraction of sp³-hybridized carbons (Fsp3) is 1.00. The molecule has 1 aliphatic heterocycles. The van der Waals surface area contributed by atoms with E-state index in [4.69, 9.17) is 0 Å². The van der Waals surface area contributed by atoms with Gasteiger partial charge < -0.3 is 15.1 Å². The summed E-state index contributed by atoms with van der Waals surface area (Å²) in [6.07, 6.45) is 2.77. The van der Waals surface area contributed by atoms with E-state index < -0.39 is 0 Å². The van der Waals surface area contributed by atoms with Crippen LogP contribution in [0.25, 0.3) is 0 Å². The molecule has 0 aromatic heterocycles. The molecule has 3 heteroatoms. The van der Waals surface area contributed by atoms with Crippen LogP contribution >= 0.6 is 0 Å². The van der Waals surface area contributed by atoms with Crippen molar-refractivity contribution in [3.63, 3.8) is 0 Å². The highest BCUT2D eigenvalue weighted by atomic mass is 15.2. The first-order valence-electron chi connectivity index (χ1n) is 6.68. The molecule has 0 amide bonds. The number of nitrogens with one attached hydrogen (secondary N) is 1. The van der Waals surface area contributed by atoms with Crippen LogP contribution in [0.5, 0.6) is 0 Å². The number of hydrogen-bond donors (Lipinski definition) is 1. The van der Waals surface area contributed by atoms with Gasteiger partial charge in [0.05, 0.1) is 0 Å². The first-order chi connectivity index (χ1) is 7.58. The summed E-state index contributed by atoms with van der Waals surface area (Å²) < 4.78 is 0. The summed E-state index contributed by atoms with van der Waals surface area (Å²) in [6, 6.07) is 0.622. The third kappa shape index (κ3) is 5.83. The summed E-state index contributed by atoms with van der Waals surface area (Å²) in [7, 11) is 4.31. The summed E-state index contributed by atoms with van der Waals surface area (Å²) in [4.78, 5) is 4.89. The fourth-order valence-electron chi connectivity index (χ4n) is 2.26. The average molecular weight is 227 g/mol. The Morgan fingerprint density at radius 1 is 1.38 bits per heavy atom. The summed E-state index contributed by atoms with van der Waals surface area (Å²) in [6.45, 7) is 10.6. The average Bonchev–Trinajstić information content (AvgIpc) is 2.24. The molecule has 96 valence electrons. The Morgan fingerprint density at radius 3 is 2.75 bits per heavy atom. The van der Waals surface area contributed by atoms with E-state index >= 15 is 0 Å². The monoisotopic (exact) mass is 227 g/mol. The van der Waals surface area contributed by atoms with Crippen LogP contribution in [0.15, 0.2) is 0 Å². The molecular formula is C13H29N3. The van der Waals surface area contributed by atoms with Gasteiger partial charge in [-0.2, -0.15) is 0 Å². The van der Waals surface area contributed by atoms with E-state index in [1.165, 1.54) is 45.6 Å². The van der Waals surface area contributed by atoms with Gasteiger partial charge in [-0.25, -0.2) is 0 Å². The lowest BCUT2D eigenvalue weighted by atomic mass is 9.98. The van der Waals surface area contributed by atoms with Gasteiger partial charge in [-0.1, -0.05) is 13.8 Å². The van der Waals surface area contributed by atoms with Crippen molar-refractivity contribution in [3.8, 4) is 0 Å². The first-order valence-corrected chi connectivity index (χ1v) is 6.68. The highest BCUT2D eigenvalue weighted by molar-refractivity contribution is 4.75. The summed E-state index contributed by atoms with van der Waals surface area (Å²) in [5, 5.41) is 3.56. The molecule has 0 saturated carbocycles. The van der Waals surface area contributed by atoms with E-state index in [1.807, 2.05) is 0 Å². The first kappa shape index (κ1) is 13.9. The largest absolute Gasteiger partial charge is 0.314 e. The summed E-state index contributed by atoms with van der Waals surface area (Å²) in [5.74, 6) is 0.860. The third-order valence-electron chi connectivity index (χ3n) is 3.28. The van der Waals surface area contributed by atoms with Crippen LogP contribution in [0.2, 0.25) is 0 Å². The Balaban J connectivity index is 2.19. The van der Waals surface area contributed by atoms with Crippen molar-refractivity contribution in [2.45, 2.75) is 32.7 Å². The number of rotatable bonds is 6. The molecule has 0 aliphatic carbocycles. The normalized spacial score (nSPS) is 23.2. The van der Waals surface area contributed by atoms with Gasteiger partial charge >= 0.3 is 0 Å². The minimum Gasteiger partial charge on any atom is -0.314 e. The second-order valence-corrected chi connectivity index (χ2v) is 5.68.